The molecule has 0 radical (unpaired) electrons. The van der Waals surface area contributed by atoms with Gasteiger partial charge in [0.2, 0.25) is 17.6 Å². The molecule has 0 aliphatic carbocycles. The van der Waals surface area contributed by atoms with Crippen molar-refractivity contribution in [3.05, 3.63) is 96.1 Å². The van der Waals surface area contributed by atoms with Crippen LogP contribution >= 0.6 is 0 Å². The van der Waals surface area contributed by atoms with Crippen LogP contribution in [0.3, 0.4) is 0 Å². The number of hydrogen-bond acceptors (Lipinski definition) is 5. The summed E-state index contributed by atoms with van der Waals surface area (Å²) < 4.78 is 5.37. The van der Waals surface area contributed by atoms with Gasteiger partial charge in [0, 0.05) is 6.20 Å². The molecule has 4 heterocycles. The van der Waals surface area contributed by atoms with Gasteiger partial charge >= 0.3 is 0 Å². The normalized spacial score (nSPS) is 26.1. The minimum absolute atomic E-state index is 0.190. The van der Waals surface area contributed by atoms with Gasteiger partial charge in [-0.25, -0.2) is 4.90 Å². The van der Waals surface area contributed by atoms with E-state index in [2.05, 4.69) is 0 Å². The predicted molar refractivity (Wildman–Crippen MR) is 113 cm³/mol. The molecule has 6 heteroatoms. The zero-order valence-electron chi connectivity index (χ0n) is 16.4. The van der Waals surface area contributed by atoms with E-state index in [1.54, 1.807) is 36.4 Å². The number of nitrogens with zero attached hydrogens (tertiary/aromatic N) is 2. The second kappa shape index (κ2) is 6.54. The summed E-state index contributed by atoms with van der Waals surface area (Å²) in [5.41, 5.74) is 2.47. The number of furan rings is 1. The van der Waals surface area contributed by atoms with Crippen LogP contribution in [0.1, 0.15) is 27.7 Å². The lowest BCUT2D eigenvalue weighted by molar-refractivity contribution is -0.123. The fourth-order valence-electron chi connectivity index (χ4n) is 5.25. The number of para-hydroxylation sites is 1. The first-order valence-corrected chi connectivity index (χ1v) is 10.2. The molecule has 1 aromatic heterocycles. The van der Waals surface area contributed by atoms with Gasteiger partial charge in [0.05, 0.1) is 29.8 Å². The van der Waals surface area contributed by atoms with Gasteiger partial charge in [0.25, 0.3) is 0 Å². The molecule has 2 amide bonds. The summed E-state index contributed by atoms with van der Waals surface area (Å²) in [6.45, 7) is 0. The average molecular weight is 410 g/mol. The van der Waals surface area contributed by atoms with Crippen molar-refractivity contribution in [1.29, 1.82) is 0 Å². The summed E-state index contributed by atoms with van der Waals surface area (Å²) in [5.74, 6) is -2.14. The van der Waals surface area contributed by atoms with Gasteiger partial charge in [-0.1, -0.05) is 42.5 Å². The van der Waals surface area contributed by atoms with E-state index in [1.807, 2.05) is 47.5 Å². The molecule has 3 aliphatic rings. The third-order valence-electron chi connectivity index (χ3n) is 6.51. The Morgan fingerprint density at radius 3 is 2.35 bits per heavy atom. The molecule has 3 aromatic rings. The van der Waals surface area contributed by atoms with Crippen molar-refractivity contribution in [2.75, 3.05) is 4.90 Å². The summed E-state index contributed by atoms with van der Waals surface area (Å²) in [6, 6.07) is 18.8. The topological polar surface area (TPSA) is 70.8 Å². The van der Waals surface area contributed by atoms with E-state index < -0.39 is 17.9 Å². The third kappa shape index (κ3) is 2.42. The molecular weight excluding hydrogens is 392 g/mol. The molecule has 152 valence electrons. The molecule has 0 bridgehead atoms. The fraction of sp³-hybridized carbons (Fsp3) is 0.160. The Hall–Kier alpha value is -3.93. The van der Waals surface area contributed by atoms with Crippen LogP contribution in [0, 0.1) is 11.8 Å². The first-order chi connectivity index (χ1) is 15.2. The first kappa shape index (κ1) is 17.9. The summed E-state index contributed by atoms with van der Waals surface area (Å²) in [4.78, 5) is 43.8. The Labute approximate surface area is 178 Å². The number of fused-ring (bicyclic) bond motifs is 5. The molecule has 2 aromatic carbocycles. The van der Waals surface area contributed by atoms with E-state index in [0.29, 0.717) is 5.69 Å². The van der Waals surface area contributed by atoms with E-state index >= 15 is 0 Å². The minimum atomic E-state index is -0.809. The molecule has 2 saturated heterocycles. The number of carbonyl (C=O) groups is 3. The van der Waals surface area contributed by atoms with Crippen molar-refractivity contribution in [3.63, 3.8) is 0 Å². The highest BCUT2D eigenvalue weighted by atomic mass is 16.3. The highest BCUT2D eigenvalue weighted by molar-refractivity contribution is 6.24. The van der Waals surface area contributed by atoms with Crippen molar-refractivity contribution in [1.82, 2.24) is 4.90 Å². The molecule has 2 fully saturated rings. The molecule has 6 rings (SSSR count). The summed E-state index contributed by atoms with van der Waals surface area (Å²) >= 11 is 0. The lowest BCUT2D eigenvalue weighted by Crippen LogP contribution is -2.44. The summed E-state index contributed by atoms with van der Waals surface area (Å²) in [5, 5.41) is 0. The smallest absolute Gasteiger partial charge is 0.240 e. The van der Waals surface area contributed by atoms with Crippen LogP contribution < -0.4 is 4.90 Å². The molecule has 3 aliphatic heterocycles. The Bertz CT molecular complexity index is 1230. The number of Topliss-reactive ketones (excluding diaryl/α,β-unsaturated/α-hetero) is 1. The Morgan fingerprint density at radius 2 is 1.58 bits per heavy atom. The van der Waals surface area contributed by atoms with Crippen molar-refractivity contribution < 1.29 is 18.8 Å². The van der Waals surface area contributed by atoms with E-state index in [1.165, 1.54) is 11.2 Å². The van der Waals surface area contributed by atoms with E-state index in [0.717, 1.165) is 11.1 Å². The van der Waals surface area contributed by atoms with Crippen LogP contribution in [-0.4, -0.2) is 28.5 Å². The zero-order chi connectivity index (χ0) is 21.1. The molecule has 31 heavy (non-hydrogen) atoms. The number of carbonyl (C=O) groups excluding carboxylic acids is 3. The molecule has 6 nitrogen and oxygen atoms in total. The molecule has 0 N–H and O–H groups in total. The van der Waals surface area contributed by atoms with Crippen LogP contribution in [0.15, 0.2) is 83.6 Å². The van der Waals surface area contributed by atoms with Gasteiger partial charge in [-0.2, -0.15) is 0 Å². The van der Waals surface area contributed by atoms with Crippen LogP contribution in [-0.2, 0) is 9.59 Å². The van der Waals surface area contributed by atoms with Gasteiger partial charge < -0.3 is 9.32 Å². The van der Waals surface area contributed by atoms with Gasteiger partial charge in [0.1, 0.15) is 6.04 Å². The van der Waals surface area contributed by atoms with Crippen LogP contribution in [0.25, 0.3) is 6.08 Å². The second-order valence-corrected chi connectivity index (χ2v) is 8.02. The molecule has 0 unspecified atom stereocenters. The van der Waals surface area contributed by atoms with Crippen molar-refractivity contribution in [3.8, 4) is 0 Å². The fourth-order valence-corrected chi connectivity index (χ4v) is 5.25. The Kier molecular flexibility index (Phi) is 3.77. The predicted octanol–water partition coefficient (Wildman–Crippen LogP) is 3.68. The number of anilines is 1. The number of amides is 2. The number of rotatable bonds is 3. The molecule has 4 atom stereocenters. The number of imide groups is 1. The maximum atomic E-state index is 13.6. The first-order valence-electron chi connectivity index (χ1n) is 10.2. The summed E-state index contributed by atoms with van der Waals surface area (Å²) in [7, 11) is 0. The third-order valence-corrected chi connectivity index (χ3v) is 6.51. The number of benzene rings is 2. The highest BCUT2D eigenvalue weighted by Crippen LogP contribution is 2.53. The second-order valence-electron chi connectivity index (χ2n) is 8.02. The SMILES string of the molecule is O=C(c1ccco1)[C@@H]1[C@@H]2C(=O)N(c3ccccc3)C(=O)[C@H]2[C@@H]2c3ccccc3C=CN12. The summed E-state index contributed by atoms with van der Waals surface area (Å²) in [6.07, 6.45) is 5.21. The average Bonchev–Trinajstić information content (AvgIpc) is 3.50. The van der Waals surface area contributed by atoms with Crippen molar-refractivity contribution >= 4 is 29.4 Å². The van der Waals surface area contributed by atoms with E-state index in [-0.39, 0.29) is 29.4 Å². The Morgan fingerprint density at radius 1 is 0.839 bits per heavy atom. The molecule has 0 saturated carbocycles. The number of ketones is 1. The van der Waals surface area contributed by atoms with Crippen molar-refractivity contribution in [2.45, 2.75) is 12.1 Å². The van der Waals surface area contributed by atoms with E-state index in [4.69, 9.17) is 4.42 Å². The van der Waals surface area contributed by atoms with Gasteiger partial charge in [-0.05, 0) is 41.5 Å². The standard InChI is InChI=1S/C25H18N2O4/c28-23(18-11-6-14-31-18)22-20-19(21-17-10-5-4-7-15(17)12-13-26(21)22)24(29)27(25(20)30)16-8-2-1-3-9-16/h1-14,19-22H/t19-,20-,21+,22+/m1/s1. The maximum absolute atomic E-state index is 13.6. The Balaban J connectivity index is 1.52. The largest absolute Gasteiger partial charge is 0.461 e. The monoisotopic (exact) mass is 410 g/mol. The van der Waals surface area contributed by atoms with Crippen LogP contribution in [0.4, 0.5) is 5.69 Å². The lowest BCUT2D eigenvalue weighted by atomic mass is 9.84. The van der Waals surface area contributed by atoms with Crippen LogP contribution in [0.2, 0.25) is 0 Å². The van der Waals surface area contributed by atoms with E-state index in [9.17, 15) is 14.4 Å². The van der Waals surface area contributed by atoms with Crippen LogP contribution in [0.5, 0.6) is 0 Å². The van der Waals surface area contributed by atoms with Gasteiger partial charge in [-0.3, -0.25) is 14.4 Å². The lowest BCUT2D eigenvalue weighted by Gasteiger charge is -2.35. The highest BCUT2D eigenvalue weighted by Gasteiger charge is 2.64. The molecule has 0 spiro atoms. The zero-order valence-corrected chi connectivity index (χ0v) is 16.4. The van der Waals surface area contributed by atoms with Gasteiger partial charge in [-0.15, -0.1) is 0 Å². The maximum Gasteiger partial charge on any atom is 0.240 e. The molecular formula is C25H18N2O4. The minimum Gasteiger partial charge on any atom is -0.461 e. The van der Waals surface area contributed by atoms with Crippen molar-refractivity contribution in [2.24, 2.45) is 11.8 Å². The quantitative estimate of drug-likeness (QED) is 0.487. The van der Waals surface area contributed by atoms with Gasteiger partial charge in [0.15, 0.2) is 5.76 Å². The number of hydrogen-bond donors (Lipinski definition) is 0.